The van der Waals surface area contributed by atoms with Gasteiger partial charge < -0.3 is 10.2 Å². The highest BCUT2D eigenvalue weighted by Gasteiger charge is 2.08. The van der Waals surface area contributed by atoms with Crippen LogP contribution in [0.25, 0.3) is 0 Å². The van der Waals surface area contributed by atoms with Crippen molar-refractivity contribution in [2.45, 2.75) is 13.5 Å². The van der Waals surface area contributed by atoms with E-state index in [4.69, 9.17) is 23.8 Å². The highest BCUT2D eigenvalue weighted by Crippen LogP contribution is 2.18. The van der Waals surface area contributed by atoms with Gasteiger partial charge in [-0.1, -0.05) is 48.0 Å². The summed E-state index contributed by atoms with van der Waals surface area (Å²) in [6, 6.07) is 15.9. The molecule has 0 saturated carbocycles. The van der Waals surface area contributed by atoms with Crippen molar-refractivity contribution in [1.29, 1.82) is 0 Å². The van der Waals surface area contributed by atoms with Crippen LogP contribution in [0.2, 0.25) is 5.02 Å². The van der Waals surface area contributed by atoms with Gasteiger partial charge in [0.05, 0.1) is 0 Å². The third kappa shape index (κ3) is 3.71. The van der Waals surface area contributed by atoms with Crippen molar-refractivity contribution in [3.8, 4) is 0 Å². The standard InChI is InChI=1S/C16H17ClN2S/c1-12-7-3-6-10-15(12)18-16(20)19(2)11-13-8-4-5-9-14(13)17/h3-10H,11H2,1-2H3,(H,18,20). The van der Waals surface area contributed by atoms with Crippen LogP contribution < -0.4 is 5.32 Å². The highest BCUT2D eigenvalue weighted by atomic mass is 35.5. The Hall–Kier alpha value is -1.58. The molecule has 1 N–H and O–H groups in total. The minimum absolute atomic E-state index is 0.678. The van der Waals surface area contributed by atoms with Crippen molar-refractivity contribution >= 4 is 34.6 Å². The molecule has 0 aliphatic carbocycles. The molecule has 20 heavy (non-hydrogen) atoms. The lowest BCUT2D eigenvalue weighted by atomic mass is 10.2. The molecule has 0 spiro atoms. The molecule has 2 nitrogen and oxygen atoms in total. The van der Waals surface area contributed by atoms with Crippen LogP contribution in [0.15, 0.2) is 48.5 Å². The van der Waals surface area contributed by atoms with Crippen LogP contribution in [0.3, 0.4) is 0 Å². The molecule has 4 heteroatoms. The van der Waals surface area contributed by atoms with Gasteiger partial charge in [-0.05, 0) is 42.4 Å². The van der Waals surface area contributed by atoms with Gasteiger partial charge in [0.2, 0.25) is 0 Å². The smallest absolute Gasteiger partial charge is 0.173 e. The SMILES string of the molecule is Cc1ccccc1NC(=S)N(C)Cc1ccccc1Cl. The Bertz CT molecular complexity index is 613. The van der Waals surface area contributed by atoms with Gasteiger partial charge in [0, 0.05) is 24.3 Å². The molecule has 0 aliphatic rings. The Labute approximate surface area is 130 Å². The lowest BCUT2D eigenvalue weighted by Crippen LogP contribution is -2.30. The molecule has 0 bridgehead atoms. The predicted octanol–water partition coefficient (Wildman–Crippen LogP) is 4.48. The first-order valence-electron chi connectivity index (χ1n) is 6.39. The molecule has 0 saturated heterocycles. The Morgan fingerprint density at radius 2 is 1.80 bits per heavy atom. The maximum atomic E-state index is 6.17. The lowest BCUT2D eigenvalue weighted by molar-refractivity contribution is 0.508. The van der Waals surface area contributed by atoms with Crippen LogP contribution in [0.5, 0.6) is 0 Å². The number of aryl methyl sites for hydroxylation is 1. The molecular weight excluding hydrogens is 288 g/mol. The number of anilines is 1. The Kier molecular flexibility index (Phi) is 4.99. The average molecular weight is 305 g/mol. The Morgan fingerprint density at radius 1 is 1.15 bits per heavy atom. The summed E-state index contributed by atoms with van der Waals surface area (Å²) in [6.07, 6.45) is 0. The van der Waals surface area contributed by atoms with Gasteiger partial charge in [0.15, 0.2) is 5.11 Å². The van der Waals surface area contributed by atoms with Crippen molar-refractivity contribution in [3.63, 3.8) is 0 Å². The Balaban J connectivity index is 2.03. The molecule has 2 aromatic carbocycles. The fraction of sp³-hybridized carbons (Fsp3) is 0.188. The molecule has 0 unspecified atom stereocenters. The number of halogens is 1. The van der Waals surface area contributed by atoms with Gasteiger partial charge in [0.25, 0.3) is 0 Å². The fourth-order valence-corrected chi connectivity index (χ4v) is 2.25. The zero-order valence-corrected chi connectivity index (χ0v) is 13.1. The number of hydrogen-bond donors (Lipinski definition) is 1. The largest absolute Gasteiger partial charge is 0.348 e. The topological polar surface area (TPSA) is 15.3 Å². The zero-order valence-electron chi connectivity index (χ0n) is 11.6. The monoisotopic (exact) mass is 304 g/mol. The van der Waals surface area contributed by atoms with Crippen LogP contribution in [-0.2, 0) is 6.54 Å². The number of benzene rings is 2. The van der Waals surface area contributed by atoms with Crippen LogP contribution in [0, 0.1) is 6.92 Å². The quantitative estimate of drug-likeness (QED) is 0.842. The molecule has 2 rings (SSSR count). The normalized spacial score (nSPS) is 10.2. The second-order valence-electron chi connectivity index (χ2n) is 4.69. The molecule has 0 aromatic heterocycles. The van der Waals surface area contributed by atoms with Crippen molar-refractivity contribution in [2.75, 3.05) is 12.4 Å². The summed E-state index contributed by atoms with van der Waals surface area (Å²) in [5.41, 5.74) is 3.26. The van der Waals surface area contributed by atoms with Crippen molar-refractivity contribution < 1.29 is 0 Å². The van der Waals surface area contributed by atoms with Crippen molar-refractivity contribution in [2.24, 2.45) is 0 Å². The van der Waals surface area contributed by atoms with Gasteiger partial charge in [0.1, 0.15) is 0 Å². The van der Waals surface area contributed by atoms with Gasteiger partial charge in [-0.15, -0.1) is 0 Å². The first kappa shape index (κ1) is 14.8. The number of hydrogen-bond acceptors (Lipinski definition) is 1. The first-order chi connectivity index (χ1) is 9.58. The molecule has 0 amide bonds. The van der Waals surface area contributed by atoms with E-state index in [1.165, 1.54) is 5.56 Å². The predicted molar refractivity (Wildman–Crippen MR) is 90.3 cm³/mol. The molecule has 0 fully saturated rings. The molecular formula is C16H17ClN2S. The Morgan fingerprint density at radius 3 is 2.50 bits per heavy atom. The summed E-state index contributed by atoms with van der Waals surface area (Å²) < 4.78 is 0. The van der Waals surface area contributed by atoms with E-state index < -0.39 is 0 Å². The third-order valence-electron chi connectivity index (χ3n) is 3.10. The third-order valence-corrected chi connectivity index (χ3v) is 3.88. The minimum Gasteiger partial charge on any atom is -0.348 e. The minimum atomic E-state index is 0.678. The second kappa shape index (κ2) is 6.73. The number of nitrogens with one attached hydrogen (secondary N) is 1. The maximum Gasteiger partial charge on any atom is 0.173 e. The van der Waals surface area contributed by atoms with E-state index in [0.717, 1.165) is 16.3 Å². The molecule has 0 radical (unpaired) electrons. The second-order valence-corrected chi connectivity index (χ2v) is 5.49. The van der Waals surface area contributed by atoms with E-state index in [-0.39, 0.29) is 0 Å². The number of para-hydroxylation sites is 1. The molecule has 2 aromatic rings. The lowest BCUT2D eigenvalue weighted by Gasteiger charge is -2.22. The number of rotatable bonds is 3. The van der Waals surface area contributed by atoms with E-state index in [9.17, 15) is 0 Å². The highest BCUT2D eigenvalue weighted by molar-refractivity contribution is 7.80. The van der Waals surface area contributed by atoms with Gasteiger partial charge in [-0.2, -0.15) is 0 Å². The summed E-state index contributed by atoms with van der Waals surface area (Å²) in [7, 11) is 1.96. The molecule has 0 heterocycles. The van der Waals surface area contributed by atoms with E-state index in [1.807, 2.05) is 54.4 Å². The molecule has 0 aliphatic heterocycles. The molecule has 104 valence electrons. The van der Waals surface area contributed by atoms with Gasteiger partial charge in [-0.3, -0.25) is 0 Å². The van der Waals surface area contributed by atoms with Crippen LogP contribution in [0.1, 0.15) is 11.1 Å². The van der Waals surface area contributed by atoms with E-state index in [0.29, 0.717) is 11.7 Å². The average Bonchev–Trinajstić information content (AvgIpc) is 2.43. The van der Waals surface area contributed by atoms with E-state index in [1.54, 1.807) is 0 Å². The summed E-state index contributed by atoms with van der Waals surface area (Å²) in [5.74, 6) is 0. The summed E-state index contributed by atoms with van der Waals surface area (Å²) in [5, 5.41) is 4.71. The van der Waals surface area contributed by atoms with Gasteiger partial charge >= 0.3 is 0 Å². The van der Waals surface area contributed by atoms with E-state index in [2.05, 4.69) is 18.3 Å². The van der Waals surface area contributed by atoms with Crippen LogP contribution in [-0.4, -0.2) is 17.1 Å². The first-order valence-corrected chi connectivity index (χ1v) is 7.17. The fourth-order valence-electron chi connectivity index (χ4n) is 1.88. The zero-order chi connectivity index (χ0) is 14.5. The summed E-state index contributed by atoms with van der Waals surface area (Å²) >= 11 is 11.6. The maximum absolute atomic E-state index is 6.17. The molecule has 0 atom stereocenters. The summed E-state index contributed by atoms with van der Waals surface area (Å²) in [6.45, 7) is 2.73. The number of nitrogens with zero attached hydrogens (tertiary/aromatic N) is 1. The number of thiocarbonyl (C=S) groups is 1. The van der Waals surface area contributed by atoms with Gasteiger partial charge in [-0.25, -0.2) is 0 Å². The van der Waals surface area contributed by atoms with E-state index >= 15 is 0 Å². The van der Waals surface area contributed by atoms with Crippen molar-refractivity contribution in [3.05, 3.63) is 64.7 Å². The van der Waals surface area contributed by atoms with Crippen molar-refractivity contribution in [1.82, 2.24) is 4.90 Å². The van der Waals surface area contributed by atoms with Crippen LogP contribution in [0.4, 0.5) is 5.69 Å². The van der Waals surface area contributed by atoms with Crippen LogP contribution >= 0.6 is 23.8 Å². The summed E-state index contributed by atoms with van der Waals surface area (Å²) in [4.78, 5) is 1.98.